The maximum Gasteiger partial charge on any atom is 0.155 e. The predicted molar refractivity (Wildman–Crippen MR) is 42.5 cm³/mol. The van der Waals surface area contributed by atoms with Crippen molar-refractivity contribution in [2.24, 2.45) is 5.92 Å². The van der Waals surface area contributed by atoms with Crippen LogP contribution in [0.5, 0.6) is 0 Å². The van der Waals surface area contributed by atoms with Crippen LogP contribution >= 0.6 is 0 Å². The normalized spacial score (nSPS) is 28.5. The van der Waals surface area contributed by atoms with Gasteiger partial charge in [0.1, 0.15) is 6.61 Å². The quantitative estimate of drug-likeness (QED) is 0.619. The molecule has 2 unspecified atom stereocenters. The Morgan fingerprint density at radius 3 is 2.91 bits per heavy atom. The number of nitrogens with one attached hydrogen (secondary N) is 1. The molecule has 1 fully saturated rings. The summed E-state index contributed by atoms with van der Waals surface area (Å²) >= 11 is 0. The van der Waals surface area contributed by atoms with Crippen LogP contribution in [0.3, 0.4) is 0 Å². The highest BCUT2D eigenvalue weighted by Crippen LogP contribution is 2.29. The molecule has 0 bridgehead atoms. The van der Waals surface area contributed by atoms with E-state index in [2.05, 4.69) is 5.32 Å². The van der Waals surface area contributed by atoms with Crippen LogP contribution in [0.25, 0.3) is 0 Å². The van der Waals surface area contributed by atoms with Crippen molar-refractivity contribution >= 4 is 5.78 Å². The lowest BCUT2D eigenvalue weighted by atomic mass is 10.4. The summed E-state index contributed by atoms with van der Waals surface area (Å²) in [6.45, 7) is 2.54. The molecular formula is C8H15NO2. The molecule has 0 saturated heterocycles. The smallest absolute Gasteiger partial charge is 0.155 e. The van der Waals surface area contributed by atoms with E-state index >= 15 is 0 Å². The highest BCUT2D eigenvalue weighted by molar-refractivity contribution is 5.76. The average Bonchev–Trinajstić information content (AvgIpc) is 2.66. The van der Waals surface area contributed by atoms with Gasteiger partial charge in [0.25, 0.3) is 0 Å². The van der Waals surface area contributed by atoms with E-state index in [1.54, 1.807) is 6.92 Å². The van der Waals surface area contributed by atoms with Crippen molar-refractivity contribution in [3.05, 3.63) is 0 Å². The molecule has 1 aliphatic rings. The number of ketones is 1. The minimum Gasteiger partial charge on any atom is -0.373 e. The van der Waals surface area contributed by atoms with E-state index in [9.17, 15) is 4.79 Å². The lowest BCUT2D eigenvalue weighted by molar-refractivity contribution is -0.121. The van der Waals surface area contributed by atoms with Crippen molar-refractivity contribution in [3.8, 4) is 0 Å². The van der Waals surface area contributed by atoms with E-state index in [0.29, 0.717) is 12.0 Å². The lowest BCUT2D eigenvalue weighted by Gasteiger charge is -1.99. The zero-order valence-corrected chi connectivity index (χ0v) is 7.09. The Hall–Kier alpha value is -0.410. The molecule has 1 N–H and O–H groups in total. The van der Waals surface area contributed by atoms with Crippen molar-refractivity contribution in [1.82, 2.24) is 5.32 Å². The molecule has 0 heterocycles. The summed E-state index contributed by atoms with van der Waals surface area (Å²) in [5, 5.41) is 3.16. The van der Waals surface area contributed by atoms with Crippen LogP contribution < -0.4 is 5.32 Å². The average molecular weight is 157 g/mol. The molecule has 11 heavy (non-hydrogen) atoms. The highest BCUT2D eigenvalue weighted by atomic mass is 16.5. The van der Waals surface area contributed by atoms with Gasteiger partial charge in [-0.1, -0.05) is 0 Å². The van der Waals surface area contributed by atoms with E-state index in [1.807, 2.05) is 7.05 Å². The number of Topliss-reactive ketones (excluding diaryl/α,β-unsaturated/α-hetero) is 1. The topological polar surface area (TPSA) is 38.3 Å². The summed E-state index contributed by atoms with van der Waals surface area (Å²) in [4.78, 5) is 10.5. The number of ether oxygens (including phenoxy) is 1. The zero-order chi connectivity index (χ0) is 8.27. The van der Waals surface area contributed by atoms with Crippen molar-refractivity contribution in [1.29, 1.82) is 0 Å². The molecule has 2 atom stereocenters. The Morgan fingerprint density at radius 2 is 2.45 bits per heavy atom. The monoisotopic (exact) mass is 157 g/mol. The van der Waals surface area contributed by atoms with Crippen LogP contribution in [0, 0.1) is 5.92 Å². The zero-order valence-electron chi connectivity index (χ0n) is 7.09. The summed E-state index contributed by atoms with van der Waals surface area (Å²) < 4.78 is 5.16. The summed E-state index contributed by atoms with van der Waals surface area (Å²) in [5.41, 5.74) is 0. The Morgan fingerprint density at radius 1 is 1.73 bits per heavy atom. The van der Waals surface area contributed by atoms with Crippen LogP contribution in [0.15, 0.2) is 0 Å². The van der Waals surface area contributed by atoms with E-state index < -0.39 is 0 Å². The minimum absolute atomic E-state index is 0.103. The molecular weight excluding hydrogens is 142 g/mol. The molecule has 0 aromatic carbocycles. The van der Waals surface area contributed by atoms with Gasteiger partial charge < -0.3 is 10.1 Å². The standard InChI is InChI=1S/C8H15NO2/c1-6(10)4-11-5-7-3-8(7)9-2/h7-9H,3-5H2,1-2H3. The lowest BCUT2D eigenvalue weighted by Crippen LogP contribution is -2.14. The van der Waals surface area contributed by atoms with E-state index in [1.165, 1.54) is 6.42 Å². The first-order chi connectivity index (χ1) is 5.24. The molecule has 0 radical (unpaired) electrons. The third-order valence-electron chi connectivity index (χ3n) is 1.93. The second-order valence-electron chi connectivity index (χ2n) is 3.11. The first-order valence-corrected chi connectivity index (χ1v) is 3.98. The van der Waals surface area contributed by atoms with Gasteiger partial charge in [0, 0.05) is 6.04 Å². The summed E-state index contributed by atoms with van der Waals surface area (Å²) in [6, 6.07) is 0.627. The van der Waals surface area contributed by atoms with Gasteiger partial charge in [-0.15, -0.1) is 0 Å². The van der Waals surface area contributed by atoms with E-state index in [4.69, 9.17) is 4.74 Å². The van der Waals surface area contributed by atoms with Crippen molar-refractivity contribution in [3.63, 3.8) is 0 Å². The maximum atomic E-state index is 10.5. The third kappa shape index (κ3) is 2.99. The molecule has 64 valence electrons. The SMILES string of the molecule is CNC1CC1COCC(C)=O. The first-order valence-electron chi connectivity index (χ1n) is 3.98. The predicted octanol–water partition coefficient (Wildman–Crippen LogP) is 0.200. The van der Waals surface area contributed by atoms with Gasteiger partial charge >= 0.3 is 0 Å². The first kappa shape index (κ1) is 8.68. The molecule has 0 spiro atoms. The maximum absolute atomic E-state index is 10.5. The Balaban J connectivity index is 1.93. The molecule has 0 aliphatic heterocycles. The molecule has 1 saturated carbocycles. The molecule has 0 aromatic heterocycles. The van der Waals surface area contributed by atoms with Gasteiger partial charge in [0.2, 0.25) is 0 Å². The highest BCUT2D eigenvalue weighted by Gasteiger charge is 2.35. The number of rotatable bonds is 5. The van der Waals surface area contributed by atoms with Crippen LogP contribution in [-0.2, 0) is 9.53 Å². The molecule has 0 amide bonds. The summed E-state index contributed by atoms with van der Waals surface area (Å²) in [5.74, 6) is 0.742. The Labute approximate surface area is 67.1 Å². The van der Waals surface area contributed by atoms with Gasteiger partial charge in [-0.3, -0.25) is 4.79 Å². The van der Waals surface area contributed by atoms with E-state index in [-0.39, 0.29) is 12.4 Å². The molecule has 1 aliphatic carbocycles. The van der Waals surface area contributed by atoms with E-state index in [0.717, 1.165) is 6.61 Å². The van der Waals surface area contributed by atoms with Crippen LogP contribution in [0.2, 0.25) is 0 Å². The molecule has 1 rings (SSSR count). The fraction of sp³-hybridized carbons (Fsp3) is 0.875. The van der Waals surface area contributed by atoms with Gasteiger partial charge in [0.15, 0.2) is 5.78 Å². The molecule has 3 nitrogen and oxygen atoms in total. The van der Waals surface area contributed by atoms with Gasteiger partial charge in [-0.25, -0.2) is 0 Å². The van der Waals surface area contributed by atoms with Gasteiger partial charge in [0.05, 0.1) is 6.61 Å². The number of hydrogen-bond acceptors (Lipinski definition) is 3. The van der Waals surface area contributed by atoms with Crippen molar-refractivity contribution in [2.75, 3.05) is 20.3 Å². The number of carbonyl (C=O) groups excluding carboxylic acids is 1. The Kier molecular flexibility index (Phi) is 3.02. The van der Waals surface area contributed by atoms with Crippen molar-refractivity contribution < 1.29 is 9.53 Å². The molecule has 3 heteroatoms. The van der Waals surface area contributed by atoms with Crippen LogP contribution in [0.1, 0.15) is 13.3 Å². The largest absolute Gasteiger partial charge is 0.373 e. The third-order valence-corrected chi connectivity index (χ3v) is 1.93. The molecule has 0 aromatic rings. The summed E-state index contributed by atoms with van der Waals surface area (Å²) in [7, 11) is 1.95. The van der Waals surface area contributed by atoms with Crippen molar-refractivity contribution in [2.45, 2.75) is 19.4 Å². The second kappa shape index (κ2) is 3.83. The number of hydrogen-bond donors (Lipinski definition) is 1. The van der Waals surface area contributed by atoms with Crippen LogP contribution in [0.4, 0.5) is 0 Å². The fourth-order valence-corrected chi connectivity index (χ4v) is 1.14. The Bertz CT molecular complexity index is 147. The number of carbonyl (C=O) groups is 1. The fourth-order valence-electron chi connectivity index (χ4n) is 1.14. The second-order valence-corrected chi connectivity index (χ2v) is 3.11. The van der Waals surface area contributed by atoms with Gasteiger partial charge in [-0.05, 0) is 26.3 Å². The van der Waals surface area contributed by atoms with Crippen LogP contribution in [-0.4, -0.2) is 32.1 Å². The summed E-state index contributed by atoms with van der Waals surface area (Å²) in [6.07, 6.45) is 1.19. The minimum atomic E-state index is 0.103. The van der Waals surface area contributed by atoms with Gasteiger partial charge in [-0.2, -0.15) is 0 Å².